The lowest BCUT2D eigenvalue weighted by atomic mass is 10.2. The van der Waals surface area contributed by atoms with E-state index in [4.69, 9.17) is 10.5 Å². The highest BCUT2D eigenvalue weighted by atomic mass is 79.9. The van der Waals surface area contributed by atoms with E-state index < -0.39 is 5.91 Å². The molecule has 0 saturated heterocycles. The van der Waals surface area contributed by atoms with Crippen molar-refractivity contribution < 1.29 is 9.53 Å². The van der Waals surface area contributed by atoms with Crippen molar-refractivity contribution in [1.29, 1.82) is 0 Å². The molecule has 1 amide bonds. The third kappa shape index (κ3) is 4.55. The fourth-order valence-corrected chi connectivity index (χ4v) is 2.13. The molecule has 0 fully saturated rings. The molecule has 0 saturated carbocycles. The molecule has 0 radical (unpaired) electrons. The minimum Gasteiger partial charge on any atom is -0.489 e. The lowest BCUT2D eigenvalue weighted by Gasteiger charge is -2.07. The van der Waals surface area contributed by atoms with Gasteiger partial charge in [-0.3, -0.25) is 4.79 Å². The molecule has 0 aliphatic rings. The minimum absolute atomic E-state index is 0.467. The van der Waals surface area contributed by atoms with Crippen LogP contribution in [0.3, 0.4) is 0 Å². The quantitative estimate of drug-likeness (QED) is 0.852. The van der Waals surface area contributed by atoms with Crippen LogP contribution in [0.1, 0.15) is 11.1 Å². The molecule has 0 aliphatic carbocycles. The third-order valence-corrected chi connectivity index (χ3v) is 3.09. The molecule has 2 aromatic carbocycles. The van der Waals surface area contributed by atoms with Gasteiger partial charge in [-0.05, 0) is 41.5 Å². The summed E-state index contributed by atoms with van der Waals surface area (Å²) in [4.78, 5) is 10.7. The summed E-state index contributed by atoms with van der Waals surface area (Å²) < 4.78 is 6.75. The zero-order valence-corrected chi connectivity index (χ0v) is 12.3. The summed E-state index contributed by atoms with van der Waals surface area (Å²) in [7, 11) is 0. The van der Waals surface area contributed by atoms with Gasteiger partial charge in [-0.1, -0.05) is 40.2 Å². The Morgan fingerprint density at radius 3 is 2.75 bits per heavy atom. The Bertz CT molecular complexity index is 638. The van der Waals surface area contributed by atoms with Crippen LogP contribution in [0.25, 0.3) is 6.08 Å². The molecular weight excluding hydrogens is 318 g/mol. The summed E-state index contributed by atoms with van der Waals surface area (Å²) >= 11 is 3.43. The number of benzene rings is 2. The second-order valence-electron chi connectivity index (χ2n) is 4.23. The average Bonchev–Trinajstić information content (AvgIpc) is 2.43. The van der Waals surface area contributed by atoms with Crippen molar-refractivity contribution in [3.63, 3.8) is 0 Å². The largest absolute Gasteiger partial charge is 0.489 e. The summed E-state index contributed by atoms with van der Waals surface area (Å²) in [5.41, 5.74) is 7.02. The van der Waals surface area contributed by atoms with Crippen LogP contribution in [-0.2, 0) is 11.4 Å². The van der Waals surface area contributed by atoms with Gasteiger partial charge in [0.25, 0.3) is 0 Å². The molecule has 0 bridgehead atoms. The van der Waals surface area contributed by atoms with Crippen molar-refractivity contribution in [2.24, 2.45) is 5.73 Å². The van der Waals surface area contributed by atoms with Gasteiger partial charge in [0.15, 0.2) is 0 Å². The molecule has 0 spiro atoms. The number of nitrogens with two attached hydrogens (primary N) is 1. The van der Waals surface area contributed by atoms with Crippen molar-refractivity contribution in [2.75, 3.05) is 0 Å². The van der Waals surface area contributed by atoms with Crippen molar-refractivity contribution in [2.45, 2.75) is 6.61 Å². The van der Waals surface area contributed by atoms with Crippen LogP contribution in [0.5, 0.6) is 5.75 Å². The number of ether oxygens (including phenoxy) is 1. The normalized spacial score (nSPS) is 10.7. The number of hydrogen-bond acceptors (Lipinski definition) is 2. The number of rotatable bonds is 5. The van der Waals surface area contributed by atoms with Gasteiger partial charge in [0.1, 0.15) is 12.4 Å². The van der Waals surface area contributed by atoms with E-state index >= 15 is 0 Å². The molecule has 2 N–H and O–H groups in total. The maximum absolute atomic E-state index is 10.7. The molecule has 0 heterocycles. The molecule has 102 valence electrons. The number of carbonyl (C=O) groups excluding carboxylic acids is 1. The second-order valence-corrected chi connectivity index (χ2v) is 5.14. The fraction of sp³-hybridized carbons (Fsp3) is 0.0625. The molecule has 2 aromatic rings. The Labute approximate surface area is 126 Å². The first-order valence-corrected chi connectivity index (χ1v) is 6.87. The van der Waals surface area contributed by atoms with Crippen LogP contribution in [0.2, 0.25) is 0 Å². The van der Waals surface area contributed by atoms with Gasteiger partial charge >= 0.3 is 0 Å². The van der Waals surface area contributed by atoms with Crippen molar-refractivity contribution in [3.8, 4) is 5.75 Å². The zero-order valence-electron chi connectivity index (χ0n) is 10.8. The summed E-state index contributed by atoms with van der Waals surface area (Å²) in [6, 6.07) is 15.4. The smallest absolute Gasteiger partial charge is 0.241 e. The van der Waals surface area contributed by atoms with Crippen LogP contribution in [-0.4, -0.2) is 5.91 Å². The van der Waals surface area contributed by atoms with Crippen LogP contribution < -0.4 is 10.5 Å². The lowest BCUT2D eigenvalue weighted by Crippen LogP contribution is -2.05. The molecule has 0 atom stereocenters. The Morgan fingerprint density at radius 2 is 2.00 bits per heavy atom. The topological polar surface area (TPSA) is 52.3 Å². The Balaban J connectivity index is 2.03. The van der Waals surface area contributed by atoms with E-state index in [1.807, 2.05) is 48.5 Å². The third-order valence-electron chi connectivity index (χ3n) is 2.59. The summed E-state index contributed by atoms with van der Waals surface area (Å²) in [5, 5.41) is 0. The Hall–Kier alpha value is -2.07. The number of primary amides is 1. The predicted molar refractivity (Wildman–Crippen MR) is 83.1 cm³/mol. The summed E-state index contributed by atoms with van der Waals surface area (Å²) in [6.45, 7) is 0.489. The Morgan fingerprint density at radius 1 is 1.20 bits per heavy atom. The fourth-order valence-electron chi connectivity index (χ4n) is 1.68. The van der Waals surface area contributed by atoms with Crippen molar-refractivity contribution >= 4 is 27.9 Å². The second kappa shape index (κ2) is 6.91. The van der Waals surface area contributed by atoms with Gasteiger partial charge < -0.3 is 10.5 Å². The first kappa shape index (κ1) is 14.3. The van der Waals surface area contributed by atoms with Gasteiger partial charge in [0.05, 0.1) is 0 Å². The standard InChI is InChI=1S/C16H14BrNO2/c17-14-5-1-4-13(9-14)11-20-15-6-2-3-12(10-15)7-8-16(18)19/h1-10H,11H2,(H2,18,19)/b8-7+. The van der Waals surface area contributed by atoms with E-state index in [2.05, 4.69) is 15.9 Å². The Kier molecular flexibility index (Phi) is 4.96. The summed E-state index contributed by atoms with van der Waals surface area (Å²) in [5.74, 6) is 0.280. The first-order chi connectivity index (χ1) is 9.63. The van der Waals surface area contributed by atoms with Crippen LogP contribution in [0.15, 0.2) is 59.1 Å². The number of carbonyl (C=O) groups is 1. The van der Waals surface area contributed by atoms with Gasteiger partial charge in [-0.15, -0.1) is 0 Å². The number of amides is 1. The SMILES string of the molecule is NC(=O)/C=C/c1cccc(OCc2cccc(Br)c2)c1. The van der Waals surface area contributed by atoms with Gasteiger partial charge in [0.2, 0.25) is 5.91 Å². The lowest BCUT2D eigenvalue weighted by molar-refractivity contribution is -0.113. The molecule has 0 unspecified atom stereocenters. The average molecular weight is 332 g/mol. The molecular formula is C16H14BrNO2. The summed E-state index contributed by atoms with van der Waals surface area (Å²) in [6.07, 6.45) is 2.99. The predicted octanol–water partition coefficient (Wildman–Crippen LogP) is 3.53. The van der Waals surface area contributed by atoms with Crippen LogP contribution in [0.4, 0.5) is 0 Å². The molecule has 20 heavy (non-hydrogen) atoms. The van der Waals surface area contributed by atoms with E-state index in [1.54, 1.807) is 6.08 Å². The van der Waals surface area contributed by atoms with E-state index in [0.717, 1.165) is 21.3 Å². The zero-order chi connectivity index (χ0) is 14.4. The molecule has 4 heteroatoms. The van der Waals surface area contributed by atoms with E-state index in [9.17, 15) is 4.79 Å². The van der Waals surface area contributed by atoms with Crippen molar-refractivity contribution in [3.05, 3.63) is 70.2 Å². The van der Waals surface area contributed by atoms with Crippen LogP contribution in [0, 0.1) is 0 Å². The van der Waals surface area contributed by atoms with Crippen LogP contribution >= 0.6 is 15.9 Å². The maximum atomic E-state index is 10.7. The minimum atomic E-state index is -0.467. The molecule has 2 rings (SSSR count). The van der Waals surface area contributed by atoms with Gasteiger partial charge in [-0.25, -0.2) is 0 Å². The highest BCUT2D eigenvalue weighted by molar-refractivity contribution is 9.10. The van der Waals surface area contributed by atoms with E-state index in [-0.39, 0.29) is 0 Å². The highest BCUT2D eigenvalue weighted by Gasteiger charge is 1.98. The molecule has 0 aliphatic heterocycles. The van der Waals surface area contributed by atoms with E-state index in [0.29, 0.717) is 6.61 Å². The maximum Gasteiger partial charge on any atom is 0.241 e. The number of halogens is 1. The van der Waals surface area contributed by atoms with Crippen molar-refractivity contribution in [1.82, 2.24) is 0 Å². The van der Waals surface area contributed by atoms with E-state index in [1.165, 1.54) is 6.08 Å². The first-order valence-electron chi connectivity index (χ1n) is 6.08. The number of hydrogen-bond donors (Lipinski definition) is 1. The molecule has 0 aromatic heterocycles. The monoisotopic (exact) mass is 331 g/mol. The highest BCUT2D eigenvalue weighted by Crippen LogP contribution is 2.17. The molecule has 3 nitrogen and oxygen atoms in total. The van der Waals surface area contributed by atoms with Gasteiger partial charge in [-0.2, -0.15) is 0 Å². The van der Waals surface area contributed by atoms with Gasteiger partial charge in [0, 0.05) is 10.5 Å².